The van der Waals surface area contributed by atoms with Crippen LogP contribution in [0.1, 0.15) is 23.8 Å². The number of benzene rings is 1. The van der Waals surface area contributed by atoms with Crippen molar-refractivity contribution < 1.29 is 19.1 Å². The van der Waals surface area contributed by atoms with Gasteiger partial charge in [0.15, 0.2) is 5.69 Å². The number of nitrogens with one attached hydrogen (secondary N) is 2. The molecule has 0 bridgehead atoms. The first-order valence-electron chi connectivity index (χ1n) is 8.17. The summed E-state index contributed by atoms with van der Waals surface area (Å²) in [4.78, 5) is 36.9. The van der Waals surface area contributed by atoms with Crippen LogP contribution in [0.4, 0.5) is 0 Å². The number of nitrogens with zero attached hydrogens (tertiary/aromatic N) is 2. The smallest absolute Gasteiger partial charge is 0.308 e. The molecule has 9 heteroatoms. The van der Waals surface area contributed by atoms with Gasteiger partial charge in [0, 0.05) is 11.9 Å². The van der Waals surface area contributed by atoms with Gasteiger partial charge in [0.1, 0.15) is 19.5 Å². The first-order chi connectivity index (χ1) is 12.6. The minimum Gasteiger partial charge on any atom is -0.494 e. The van der Waals surface area contributed by atoms with E-state index in [0.717, 1.165) is 0 Å². The second-order valence-corrected chi connectivity index (χ2v) is 5.53. The third kappa shape index (κ3) is 3.51. The molecule has 0 spiro atoms. The van der Waals surface area contributed by atoms with Gasteiger partial charge in [0.25, 0.3) is 11.5 Å². The number of rotatable bonds is 4. The van der Waals surface area contributed by atoms with Crippen molar-refractivity contribution in [1.29, 1.82) is 0 Å². The van der Waals surface area contributed by atoms with E-state index < -0.39 is 11.8 Å². The van der Waals surface area contributed by atoms with Crippen LogP contribution in [-0.4, -0.2) is 34.8 Å². The Labute approximate surface area is 148 Å². The molecule has 9 nitrogen and oxygen atoms in total. The molecule has 1 aliphatic rings. The number of carbonyl (C=O) groups is 2. The van der Waals surface area contributed by atoms with Crippen molar-refractivity contribution in [3.05, 3.63) is 52.3 Å². The Morgan fingerprint density at radius 2 is 1.88 bits per heavy atom. The van der Waals surface area contributed by atoms with Gasteiger partial charge in [-0.3, -0.25) is 25.2 Å². The van der Waals surface area contributed by atoms with E-state index in [2.05, 4.69) is 16.0 Å². The van der Waals surface area contributed by atoms with Crippen molar-refractivity contribution in [2.24, 2.45) is 0 Å². The van der Waals surface area contributed by atoms with Gasteiger partial charge in [0.05, 0.1) is 5.39 Å². The van der Waals surface area contributed by atoms with Crippen molar-refractivity contribution in [1.82, 2.24) is 20.6 Å². The topological polar surface area (TPSA) is 112 Å². The van der Waals surface area contributed by atoms with Crippen LogP contribution >= 0.6 is 0 Å². The van der Waals surface area contributed by atoms with Gasteiger partial charge in [0.2, 0.25) is 5.76 Å². The molecule has 1 aromatic heterocycles. The summed E-state index contributed by atoms with van der Waals surface area (Å²) in [6.45, 7) is 2.90. The Morgan fingerprint density at radius 3 is 2.58 bits per heavy atom. The van der Waals surface area contributed by atoms with Crippen molar-refractivity contribution in [2.45, 2.75) is 19.9 Å². The summed E-state index contributed by atoms with van der Waals surface area (Å²) in [6.07, 6.45) is 1.87. The SMILES string of the molecule is CCCn1nc(C(=O)NNC(=O)C2=COCCO2)c2ccccc2c1=O. The molecule has 2 aromatic rings. The van der Waals surface area contributed by atoms with Gasteiger partial charge in [-0.25, -0.2) is 4.68 Å². The van der Waals surface area contributed by atoms with E-state index in [1.807, 2.05) is 6.92 Å². The number of amides is 2. The van der Waals surface area contributed by atoms with E-state index >= 15 is 0 Å². The number of hydrogen-bond acceptors (Lipinski definition) is 6. The molecule has 0 radical (unpaired) electrons. The van der Waals surface area contributed by atoms with Crippen LogP contribution in [0.3, 0.4) is 0 Å². The first kappa shape index (κ1) is 17.5. The number of carbonyl (C=O) groups excluding carboxylic acids is 2. The van der Waals surface area contributed by atoms with Crippen molar-refractivity contribution >= 4 is 22.6 Å². The standard InChI is InChI=1S/C17H18N4O5/c1-2-7-21-17(24)12-6-4-3-5-11(12)14(20-21)16(23)19-18-15(22)13-10-25-8-9-26-13/h3-6,10H,2,7-9H2,1H3,(H,18,22)(H,19,23). The number of ether oxygens (including phenoxy) is 2. The maximum absolute atomic E-state index is 12.5. The Balaban J connectivity index is 1.85. The molecular formula is C17H18N4O5. The van der Waals surface area contributed by atoms with Crippen LogP contribution in [0.15, 0.2) is 41.1 Å². The monoisotopic (exact) mass is 358 g/mol. The van der Waals surface area contributed by atoms with Gasteiger partial charge in [-0.15, -0.1) is 0 Å². The largest absolute Gasteiger partial charge is 0.494 e. The molecule has 1 aliphatic heterocycles. The minimum absolute atomic E-state index is 0.0367. The normalized spacial score (nSPS) is 13.3. The second-order valence-electron chi connectivity index (χ2n) is 5.53. The van der Waals surface area contributed by atoms with E-state index in [0.29, 0.717) is 30.3 Å². The summed E-state index contributed by atoms with van der Waals surface area (Å²) >= 11 is 0. The van der Waals surface area contributed by atoms with E-state index in [4.69, 9.17) is 9.47 Å². The highest BCUT2D eigenvalue weighted by Crippen LogP contribution is 2.13. The van der Waals surface area contributed by atoms with Crippen LogP contribution in [-0.2, 0) is 20.8 Å². The Morgan fingerprint density at radius 1 is 1.15 bits per heavy atom. The van der Waals surface area contributed by atoms with Gasteiger partial charge in [-0.05, 0) is 12.5 Å². The van der Waals surface area contributed by atoms with Crippen LogP contribution in [0.25, 0.3) is 10.8 Å². The molecule has 26 heavy (non-hydrogen) atoms. The summed E-state index contributed by atoms with van der Waals surface area (Å²) in [5, 5.41) is 4.95. The van der Waals surface area contributed by atoms with Crippen LogP contribution in [0.2, 0.25) is 0 Å². The van der Waals surface area contributed by atoms with E-state index in [1.54, 1.807) is 24.3 Å². The predicted molar refractivity (Wildman–Crippen MR) is 91.9 cm³/mol. The Kier molecular flexibility index (Phi) is 5.16. The highest BCUT2D eigenvalue weighted by Gasteiger charge is 2.19. The molecular weight excluding hydrogens is 340 g/mol. The Bertz CT molecular complexity index is 934. The lowest BCUT2D eigenvalue weighted by atomic mass is 10.1. The third-order valence-corrected chi connectivity index (χ3v) is 3.68. The fourth-order valence-electron chi connectivity index (χ4n) is 2.49. The lowest BCUT2D eigenvalue weighted by Crippen LogP contribution is -2.44. The van der Waals surface area contributed by atoms with Crippen molar-refractivity contribution in [3.63, 3.8) is 0 Å². The molecule has 0 fully saturated rings. The molecule has 3 rings (SSSR count). The molecule has 0 unspecified atom stereocenters. The highest BCUT2D eigenvalue weighted by atomic mass is 16.6. The summed E-state index contributed by atoms with van der Waals surface area (Å²) < 4.78 is 11.4. The zero-order chi connectivity index (χ0) is 18.5. The first-order valence-corrected chi connectivity index (χ1v) is 8.17. The zero-order valence-corrected chi connectivity index (χ0v) is 14.2. The van der Waals surface area contributed by atoms with Crippen LogP contribution in [0.5, 0.6) is 0 Å². The fourth-order valence-corrected chi connectivity index (χ4v) is 2.49. The van der Waals surface area contributed by atoms with E-state index in [-0.39, 0.29) is 23.6 Å². The molecule has 1 aromatic carbocycles. The molecule has 0 saturated carbocycles. The predicted octanol–water partition coefficient (Wildman–Crippen LogP) is 0.456. The lowest BCUT2D eigenvalue weighted by Gasteiger charge is -2.15. The van der Waals surface area contributed by atoms with E-state index in [1.165, 1.54) is 10.9 Å². The molecule has 2 N–H and O–H groups in total. The molecule has 2 heterocycles. The number of fused-ring (bicyclic) bond motifs is 1. The molecule has 0 saturated heterocycles. The average Bonchev–Trinajstić information content (AvgIpc) is 2.69. The fraction of sp³-hybridized carbons (Fsp3) is 0.294. The average molecular weight is 358 g/mol. The van der Waals surface area contributed by atoms with Gasteiger partial charge < -0.3 is 9.47 Å². The van der Waals surface area contributed by atoms with E-state index in [9.17, 15) is 14.4 Å². The van der Waals surface area contributed by atoms with Crippen LogP contribution in [0, 0.1) is 0 Å². The third-order valence-electron chi connectivity index (χ3n) is 3.68. The van der Waals surface area contributed by atoms with Gasteiger partial charge >= 0.3 is 5.91 Å². The maximum atomic E-state index is 12.5. The second kappa shape index (κ2) is 7.68. The molecule has 136 valence electrons. The van der Waals surface area contributed by atoms with Crippen molar-refractivity contribution in [3.8, 4) is 0 Å². The minimum atomic E-state index is -0.649. The summed E-state index contributed by atoms with van der Waals surface area (Å²) in [5.41, 5.74) is 4.31. The highest BCUT2D eigenvalue weighted by molar-refractivity contribution is 6.05. The molecule has 0 aliphatic carbocycles. The molecule has 0 atom stereocenters. The summed E-state index contributed by atoms with van der Waals surface area (Å²) in [5.74, 6) is -1.33. The molecule has 2 amide bonds. The van der Waals surface area contributed by atoms with Gasteiger partial charge in [-0.1, -0.05) is 25.1 Å². The summed E-state index contributed by atoms with van der Waals surface area (Å²) in [7, 11) is 0. The number of aryl methyl sites for hydroxylation is 1. The Hall–Kier alpha value is -3.36. The number of hydrogen-bond donors (Lipinski definition) is 2. The maximum Gasteiger partial charge on any atom is 0.308 e. The van der Waals surface area contributed by atoms with Crippen LogP contribution < -0.4 is 16.4 Å². The zero-order valence-electron chi connectivity index (χ0n) is 14.2. The van der Waals surface area contributed by atoms with Gasteiger partial charge in [-0.2, -0.15) is 5.10 Å². The quantitative estimate of drug-likeness (QED) is 0.768. The number of aromatic nitrogens is 2. The lowest BCUT2D eigenvalue weighted by molar-refractivity contribution is -0.123. The summed E-state index contributed by atoms with van der Waals surface area (Å²) in [6, 6.07) is 6.70. The number of hydrazine groups is 1. The van der Waals surface area contributed by atoms with Crippen molar-refractivity contribution in [2.75, 3.05) is 13.2 Å².